The van der Waals surface area contributed by atoms with Crippen LogP contribution < -0.4 is 0 Å². The van der Waals surface area contributed by atoms with Gasteiger partial charge in [-0.2, -0.15) is 0 Å². The van der Waals surface area contributed by atoms with Crippen LogP contribution in [0.1, 0.15) is 50.3 Å². The second-order valence-corrected chi connectivity index (χ2v) is 6.45. The molecular weight excluding hydrogens is 256 g/mol. The minimum Gasteiger partial charge on any atom is -0.508 e. The first-order valence-electron chi connectivity index (χ1n) is 7.90. The first-order valence-corrected chi connectivity index (χ1v) is 7.90. The lowest BCUT2D eigenvalue weighted by Crippen LogP contribution is -2.22. The summed E-state index contributed by atoms with van der Waals surface area (Å²) in [5, 5.41) is 10.0. The summed E-state index contributed by atoms with van der Waals surface area (Å²) in [5.41, 5.74) is 3.89. The highest BCUT2D eigenvalue weighted by Crippen LogP contribution is 2.33. The van der Waals surface area contributed by atoms with Gasteiger partial charge in [0.25, 0.3) is 0 Å². The van der Waals surface area contributed by atoms with Crippen molar-refractivity contribution < 1.29 is 5.11 Å². The fourth-order valence-corrected chi connectivity index (χ4v) is 3.00. The van der Waals surface area contributed by atoms with Crippen LogP contribution in [0.25, 0.3) is 0 Å². The van der Waals surface area contributed by atoms with Crippen molar-refractivity contribution >= 4 is 0 Å². The van der Waals surface area contributed by atoms with Crippen LogP contribution in [0, 0.1) is 0 Å². The number of aromatic hydroxyl groups is 1. The smallest absolute Gasteiger partial charge is 0.118 e. The van der Waals surface area contributed by atoms with Gasteiger partial charge in [0.1, 0.15) is 5.75 Å². The predicted octanol–water partition coefficient (Wildman–Crippen LogP) is 5.26. The van der Waals surface area contributed by atoms with Crippen LogP contribution in [0.2, 0.25) is 0 Å². The molecule has 21 heavy (non-hydrogen) atoms. The van der Waals surface area contributed by atoms with E-state index in [1.165, 1.54) is 24.0 Å². The molecule has 0 atom stereocenters. The highest BCUT2D eigenvalue weighted by molar-refractivity contribution is 5.39. The van der Waals surface area contributed by atoms with Gasteiger partial charge in [-0.15, -0.1) is 0 Å². The fraction of sp³-hybridized carbons (Fsp3) is 0.400. The van der Waals surface area contributed by atoms with E-state index in [-0.39, 0.29) is 5.41 Å². The van der Waals surface area contributed by atoms with Crippen molar-refractivity contribution in [3.05, 3.63) is 65.2 Å². The molecule has 0 fully saturated rings. The first-order chi connectivity index (χ1) is 10.0. The molecule has 0 aromatic heterocycles. The maximum absolute atomic E-state index is 10.0. The molecule has 1 N–H and O–H groups in total. The average molecular weight is 282 g/mol. The molecule has 0 radical (unpaired) electrons. The SMILES string of the molecule is CCCCc1ccccc1C(C)(C)Cc1ccccc1O. The third kappa shape index (κ3) is 3.87. The minimum absolute atomic E-state index is 0.0170. The van der Waals surface area contributed by atoms with Crippen LogP contribution in [0.5, 0.6) is 5.75 Å². The number of unbranched alkanes of at least 4 members (excludes halogenated alkanes) is 1. The highest BCUT2D eigenvalue weighted by Gasteiger charge is 2.24. The van der Waals surface area contributed by atoms with Gasteiger partial charge in [-0.25, -0.2) is 0 Å². The minimum atomic E-state index is 0.0170. The van der Waals surface area contributed by atoms with Crippen LogP contribution in [-0.2, 0) is 18.3 Å². The molecule has 2 rings (SSSR count). The van der Waals surface area contributed by atoms with Crippen molar-refractivity contribution in [2.24, 2.45) is 0 Å². The molecule has 0 aliphatic carbocycles. The van der Waals surface area contributed by atoms with E-state index in [1.807, 2.05) is 18.2 Å². The Morgan fingerprint density at radius 3 is 2.19 bits per heavy atom. The Bertz CT molecular complexity index is 584. The van der Waals surface area contributed by atoms with Gasteiger partial charge in [-0.05, 0) is 47.4 Å². The summed E-state index contributed by atoms with van der Waals surface area (Å²) in [6.07, 6.45) is 4.43. The summed E-state index contributed by atoms with van der Waals surface area (Å²) < 4.78 is 0. The number of phenolic OH excluding ortho intramolecular Hbond substituents is 1. The molecule has 0 saturated carbocycles. The van der Waals surface area contributed by atoms with Crippen LogP contribution in [0.3, 0.4) is 0 Å². The van der Waals surface area contributed by atoms with Crippen molar-refractivity contribution in [2.45, 2.75) is 51.9 Å². The Morgan fingerprint density at radius 2 is 1.52 bits per heavy atom. The van der Waals surface area contributed by atoms with E-state index in [0.717, 1.165) is 18.4 Å². The van der Waals surface area contributed by atoms with Gasteiger partial charge in [0.15, 0.2) is 0 Å². The Labute approximate surface area is 128 Å². The molecule has 0 spiro atoms. The zero-order valence-corrected chi connectivity index (χ0v) is 13.4. The van der Waals surface area contributed by atoms with Gasteiger partial charge >= 0.3 is 0 Å². The first kappa shape index (κ1) is 15.6. The predicted molar refractivity (Wildman–Crippen MR) is 89.9 cm³/mol. The Hall–Kier alpha value is -1.76. The van der Waals surface area contributed by atoms with E-state index in [2.05, 4.69) is 45.0 Å². The third-order valence-corrected chi connectivity index (χ3v) is 4.17. The van der Waals surface area contributed by atoms with E-state index in [4.69, 9.17) is 0 Å². The van der Waals surface area contributed by atoms with E-state index >= 15 is 0 Å². The number of benzene rings is 2. The topological polar surface area (TPSA) is 20.2 Å². The maximum atomic E-state index is 10.0. The summed E-state index contributed by atoms with van der Waals surface area (Å²) in [6.45, 7) is 6.77. The molecule has 2 aromatic rings. The van der Waals surface area contributed by atoms with Crippen LogP contribution in [0.15, 0.2) is 48.5 Å². The van der Waals surface area contributed by atoms with Crippen molar-refractivity contribution in [2.75, 3.05) is 0 Å². The number of hydrogen-bond donors (Lipinski definition) is 1. The summed E-state index contributed by atoms with van der Waals surface area (Å²) in [5.74, 6) is 0.400. The summed E-state index contributed by atoms with van der Waals surface area (Å²) in [7, 11) is 0. The lowest BCUT2D eigenvalue weighted by molar-refractivity contribution is 0.449. The van der Waals surface area contributed by atoms with Gasteiger partial charge in [-0.3, -0.25) is 0 Å². The van der Waals surface area contributed by atoms with Crippen LogP contribution >= 0.6 is 0 Å². The average Bonchev–Trinajstić information content (AvgIpc) is 2.47. The van der Waals surface area contributed by atoms with Crippen molar-refractivity contribution in [3.63, 3.8) is 0 Å². The van der Waals surface area contributed by atoms with Gasteiger partial charge in [0, 0.05) is 0 Å². The normalized spacial score (nSPS) is 11.6. The number of rotatable bonds is 6. The fourth-order valence-electron chi connectivity index (χ4n) is 3.00. The number of para-hydroxylation sites is 1. The third-order valence-electron chi connectivity index (χ3n) is 4.17. The Balaban J connectivity index is 2.29. The lowest BCUT2D eigenvalue weighted by Gasteiger charge is -2.28. The second-order valence-electron chi connectivity index (χ2n) is 6.45. The zero-order chi connectivity index (χ0) is 15.3. The zero-order valence-electron chi connectivity index (χ0n) is 13.4. The number of aryl methyl sites for hydroxylation is 1. The maximum Gasteiger partial charge on any atom is 0.118 e. The second kappa shape index (κ2) is 6.80. The lowest BCUT2D eigenvalue weighted by atomic mass is 9.76. The number of phenols is 1. The van der Waals surface area contributed by atoms with E-state index in [1.54, 1.807) is 6.07 Å². The van der Waals surface area contributed by atoms with E-state index in [9.17, 15) is 5.11 Å². The van der Waals surface area contributed by atoms with Crippen molar-refractivity contribution in [1.82, 2.24) is 0 Å². The standard InChI is InChI=1S/C20H26O/c1-4-5-10-16-11-6-8-13-18(16)20(2,3)15-17-12-7-9-14-19(17)21/h6-9,11-14,21H,4-5,10,15H2,1-3H3. The molecule has 0 aliphatic rings. The van der Waals surface area contributed by atoms with Crippen molar-refractivity contribution in [1.29, 1.82) is 0 Å². The largest absolute Gasteiger partial charge is 0.508 e. The van der Waals surface area contributed by atoms with Crippen LogP contribution in [0.4, 0.5) is 0 Å². The monoisotopic (exact) mass is 282 g/mol. The quantitative estimate of drug-likeness (QED) is 0.766. The molecule has 0 unspecified atom stereocenters. The molecule has 0 bridgehead atoms. The number of hydrogen-bond acceptors (Lipinski definition) is 1. The van der Waals surface area contributed by atoms with Crippen LogP contribution in [-0.4, -0.2) is 5.11 Å². The van der Waals surface area contributed by atoms with Crippen molar-refractivity contribution in [3.8, 4) is 5.75 Å². The van der Waals surface area contributed by atoms with E-state index in [0.29, 0.717) is 5.75 Å². The van der Waals surface area contributed by atoms with Gasteiger partial charge < -0.3 is 5.11 Å². The van der Waals surface area contributed by atoms with E-state index < -0.39 is 0 Å². The molecule has 112 valence electrons. The molecule has 1 heteroatoms. The van der Waals surface area contributed by atoms with Gasteiger partial charge in [-0.1, -0.05) is 69.7 Å². The van der Waals surface area contributed by atoms with Gasteiger partial charge in [0.05, 0.1) is 0 Å². The molecular formula is C20H26O. The molecule has 0 saturated heterocycles. The molecule has 0 heterocycles. The highest BCUT2D eigenvalue weighted by atomic mass is 16.3. The summed E-state index contributed by atoms with van der Waals surface area (Å²) >= 11 is 0. The molecule has 2 aromatic carbocycles. The molecule has 0 amide bonds. The summed E-state index contributed by atoms with van der Waals surface area (Å²) in [4.78, 5) is 0. The molecule has 1 nitrogen and oxygen atoms in total. The Kier molecular flexibility index (Phi) is 5.06. The summed E-state index contributed by atoms with van der Waals surface area (Å²) in [6, 6.07) is 16.4. The molecule has 0 aliphatic heterocycles. The van der Waals surface area contributed by atoms with Gasteiger partial charge in [0.2, 0.25) is 0 Å². The Morgan fingerprint density at radius 1 is 0.905 bits per heavy atom.